The molecule has 0 radical (unpaired) electrons. The van der Waals surface area contributed by atoms with Gasteiger partial charge in [-0.1, -0.05) is 13.3 Å². The molecule has 84 valence electrons. The summed E-state index contributed by atoms with van der Waals surface area (Å²) < 4.78 is 0. The zero-order valence-electron chi connectivity index (χ0n) is 9.86. The van der Waals surface area contributed by atoms with Crippen molar-refractivity contribution in [1.82, 2.24) is 5.32 Å². The van der Waals surface area contributed by atoms with Crippen molar-refractivity contribution in [3.63, 3.8) is 0 Å². The van der Waals surface area contributed by atoms with Gasteiger partial charge in [-0.05, 0) is 32.7 Å². The third kappa shape index (κ3) is 3.07. The van der Waals surface area contributed by atoms with Crippen molar-refractivity contribution in [2.45, 2.75) is 57.9 Å². The van der Waals surface area contributed by atoms with Crippen LogP contribution in [0.2, 0.25) is 0 Å². The summed E-state index contributed by atoms with van der Waals surface area (Å²) in [4.78, 5) is 12.1. The van der Waals surface area contributed by atoms with Crippen LogP contribution in [0.3, 0.4) is 0 Å². The minimum Gasteiger partial charge on any atom is -0.305 e. The zero-order valence-corrected chi connectivity index (χ0v) is 9.86. The number of ketones is 1. The lowest BCUT2D eigenvalue weighted by atomic mass is 9.85. The maximum absolute atomic E-state index is 12.1. The summed E-state index contributed by atoms with van der Waals surface area (Å²) >= 11 is 0. The van der Waals surface area contributed by atoms with Crippen LogP contribution in [-0.4, -0.2) is 17.9 Å². The Kier molecular flexibility index (Phi) is 4.84. The minimum absolute atomic E-state index is 0.204. The lowest BCUT2D eigenvalue weighted by Gasteiger charge is -2.27. The molecular weight excluding hydrogens is 186 g/mol. The van der Waals surface area contributed by atoms with Crippen molar-refractivity contribution < 1.29 is 4.79 Å². The predicted octanol–water partition coefficient (Wildman–Crippen LogP) is 2.28. The quantitative estimate of drug-likeness (QED) is 0.701. The van der Waals surface area contributed by atoms with E-state index in [-0.39, 0.29) is 5.54 Å². The maximum atomic E-state index is 12.1. The molecule has 1 N–H and O–H groups in total. The highest BCUT2D eigenvalue weighted by molar-refractivity contribution is 5.88. The summed E-state index contributed by atoms with van der Waals surface area (Å²) in [6.07, 6.45) is 5.50. The minimum atomic E-state index is -0.204. The molecule has 0 bridgehead atoms. The van der Waals surface area contributed by atoms with Gasteiger partial charge in [0.1, 0.15) is 0 Å². The Morgan fingerprint density at radius 1 is 1.53 bits per heavy atom. The molecule has 0 aliphatic carbocycles. The lowest BCUT2D eigenvalue weighted by molar-refractivity contribution is -0.125. The van der Waals surface area contributed by atoms with Gasteiger partial charge in [-0.15, -0.1) is 11.8 Å². The highest BCUT2D eigenvalue weighted by Crippen LogP contribution is 2.27. The van der Waals surface area contributed by atoms with E-state index in [0.717, 1.165) is 32.2 Å². The first-order chi connectivity index (χ1) is 7.25. The molecule has 15 heavy (non-hydrogen) atoms. The Labute approximate surface area is 92.8 Å². The zero-order chi connectivity index (χ0) is 11.1. The molecule has 0 aromatic heterocycles. The van der Waals surface area contributed by atoms with Crippen LogP contribution in [0, 0.1) is 11.8 Å². The number of rotatable bonds is 5. The Balaban J connectivity index is 2.54. The number of carbonyl (C=O) groups is 1. The lowest BCUT2D eigenvalue weighted by Crippen LogP contribution is -2.47. The molecule has 0 aromatic rings. The molecule has 1 rings (SSSR count). The van der Waals surface area contributed by atoms with E-state index in [2.05, 4.69) is 24.1 Å². The second-order valence-electron chi connectivity index (χ2n) is 4.21. The monoisotopic (exact) mass is 207 g/mol. The number of hydrogen-bond acceptors (Lipinski definition) is 2. The molecule has 0 saturated carbocycles. The third-order valence-electron chi connectivity index (χ3n) is 3.11. The SMILES string of the molecule is CC#CCCC(=O)C1(CCC)CCCN1. The second-order valence-corrected chi connectivity index (χ2v) is 4.21. The fourth-order valence-electron chi connectivity index (χ4n) is 2.36. The van der Waals surface area contributed by atoms with Gasteiger partial charge >= 0.3 is 0 Å². The van der Waals surface area contributed by atoms with Crippen molar-refractivity contribution in [2.75, 3.05) is 6.54 Å². The molecule has 1 fully saturated rings. The molecular formula is C13H21NO. The van der Waals surface area contributed by atoms with E-state index in [9.17, 15) is 4.79 Å². The highest BCUT2D eigenvalue weighted by atomic mass is 16.1. The van der Waals surface area contributed by atoms with Crippen LogP contribution in [0.1, 0.15) is 52.4 Å². The maximum Gasteiger partial charge on any atom is 0.153 e. The summed E-state index contributed by atoms with van der Waals surface area (Å²) in [6.45, 7) is 4.95. The number of carbonyl (C=O) groups excluding carboxylic acids is 1. The summed E-state index contributed by atoms with van der Waals surface area (Å²) in [7, 11) is 0. The van der Waals surface area contributed by atoms with E-state index >= 15 is 0 Å². The fourth-order valence-corrected chi connectivity index (χ4v) is 2.36. The van der Waals surface area contributed by atoms with Crippen molar-refractivity contribution in [3.05, 3.63) is 0 Å². The normalized spacial score (nSPS) is 24.7. The van der Waals surface area contributed by atoms with Crippen LogP contribution in [0.4, 0.5) is 0 Å². The molecule has 2 nitrogen and oxygen atoms in total. The molecule has 0 spiro atoms. The first-order valence-electron chi connectivity index (χ1n) is 5.93. The van der Waals surface area contributed by atoms with Gasteiger partial charge in [0, 0.05) is 12.8 Å². The number of Topliss-reactive ketones (excluding diaryl/α,β-unsaturated/α-hetero) is 1. The first-order valence-corrected chi connectivity index (χ1v) is 5.93. The largest absolute Gasteiger partial charge is 0.305 e. The molecule has 1 heterocycles. The van der Waals surface area contributed by atoms with E-state index in [1.54, 1.807) is 0 Å². The van der Waals surface area contributed by atoms with Crippen LogP contribution < -0.4 is 5.32 Å². The van der Waals surface area contributed by atoms with Gasteiger partial charge in [0.25, 0.3) is 0 Å². The van der Waals surface area contributed by atoms with Crippen LogP contribution in [0.5, 0.6) is 0 Å². The van der Waals surface area contributed by atoms with Crippen molar-refractivity contribution >= 4 is 5.78 Å². The summed E-state index contributed by atoms with van der Waals surface area (Å²) in [5.74, 6) is 6.16. The van der Waals surface area contributed by atoms with Crippen molar-refractivity contribution in [3.8, 4) is 11.8 Å². The van der Waals surface area contributed by atoms with E-state index in [0.29, 0.717) is 18.6 Å². The molecule has 2 heteroatoms. The molecule has 1 aliphatic heterocycles. The van der Waals surface area contributed by atoms with E-state index in [1.807, 2.05) is 6.92 Å². The molecule has 1 atom stereocenters. The molecule has 1 aliphatic rings. The molecule has 0 aromatic carbocycles. The Bertz CT molecular complexity index is 266. The topological polar surface area (TPSA) is 29.1 Å². The van der Waals surface area contributed by atoms with Gasteiger partial charge in [-0.25, -0.2) is 0 Å². The average molecular weight is 207 g/mol. The van der Waals surface area contributed by atoms with Crippen LogP contribution in [-0.2, 0) is 4.79 Å². The van der Waals surface area contributed by atoms with Crippen LogP contribution in [0.25, 0.3) is 0 Å². The fraction of sp³-hybridized carbons (Fsp3) is 0.769. The van der Waals surface area contributed by atoms with Gasteiger partial charge in [0.05, 0.1) is 5.54 Å². The summed E-state index contributed by atoms with van der Waals surface area (Å²) in [5, 5.41) is 3.40. The van der Waals surface area contributed by atoms with Crippen molar-refractivity contribution in [2.24, 2.45) is 0 Å². The molecule has 1 unspecified atom stereocenters. The second kappa shape index (κ2) is 5.92. The van der Waals surface area contributed by atoms with E-state index in [4.69, 9.17) is 0 Å². The standard InChI is InChI=1S/C13H21NO/c1-3-5-6-8-12(15)13(9-4-2)10-7-11-14-13/h14H,4,6-11H2,1-2H3. The third-order valence-corrected chi connectivity index (χ3v) is 3.11. The Morgan fingerprint density at radius 3 is 2.87 bits per heavy atom. The molecule has 1 saturated heterocycles. The average Bonchev–Trinajstić information content (AvgIpc) is 2.68. The van der Waals surface area contributed by atoms with Gasteiger partial charge in [0.15, 0.2) is 5.78 Å². The van der Waals surface area contributed by atoms with Crippen LogP contribution in [0.15, 0.2) is 0 Å². The highest BCUT2D eigenvalue weighted by Gasteiger charge is 2.38. The van der Waals surface area contributed by atoms with E-state index in [1.165, 1.54) is 0 Å². The van der Waals surface area contributed by atoms with Crippen molar-refractivity contribution in [1.29, 1.82) is 0 Å². The van der Waals surface area contributed by atoms with Gasteiger partial charge < -0.3 is 5.32 Å². The summed E-state index contributed by atoms with van der Waals surface area (Å²) in [6, 6.07) is 0. The number of hydrogen-bond donors (Lipinski definition) is 1. The smallest absolute Gasteiger partial charge is 0.153 e. The van der Waals surface area contributed by atoms with Crippen LogP contribution >= 0.6 is 0 Å². The van der Waals surface area contributed by atoms with Gasteiger partial charge in [-0.3, -0.25) is 4.79 Å². The Hall–Kier alpha value is -0.810. The molecule has 0 amide bonds. The first kappa shape index (κ1) is 12.3. The van der Waals surface area contributed by atoms with Gasteiger partial charge in [-0.2, -0.15) is 0 Å². The van der Waals surface area contributed by atoms with E-state index < -0.39 is 0 Å². The Morgan fingerprint density at radius 2 is 2.33 bits per heavy atom. The predicted molar refractivity (Wildman–Crippen MR) is 62.6 cm³/mol. The van der Waals surface area contributed by atoms with Gasteiger partial charge in [0.2, 0.25) is 0 Å². The summed E-state index contributed by atoms with van der Waals surface area (Å²) in [5.41, 5.74) is -0.204. The number of nitrogens with one attached hydrogen (secondary N) is 1.